The summed E-state index contributed by atoms with van der Waals surface area (Å²) in [6, 6.07) is 19.7. The molecule has 3 atom stereocenters. The van der Waals surface area contributed by atoms with Crippen LogP contribution in [0.2, 0.25) is 0 Å². The zero-order valence-corrected chi connectivity index (χ0v) is 20.4. The third kappa shape index (κ3) is 3.97. The molecule has 5 rings (SSSR count). The fourth-order valence-corrected chi connectivity index (χ4v) is 6.51. The molecule has 0 fully saturated rings. The van der Waals surface area contributed by atoms with Gasteiger partial charge < -0.3 is 5.32 Å². The number of rotatable bonds is 4. The van der Waals surface area contributed by atoms with Crippen LogP contribution in [-0.4, -0.2) is 8.42 Å². The second-order valence-corrected chi connectivity index (χ2v) is 11.4. The molecule has 3 aromatic rings. The number of anilines is 2. The van der Waals surface area contributed by atoms with Gasteiger partial charge in [0.25, 0.3) is 10.0 Å². The average Bonchev–Trinajstić information content (AvgIpc) is 3.22. The van der Waals surface area contributed by atoms with Crippen LogP contribution in [0.25, 0.3) is 0 Å². The molecule has 4 nitrogen and oxygen atoms in total. The minimum Gasteiger partial charge on any atom is -0.378 e. The molecule has 0 saturated heterocycles. The first kappa shape index (κ1) is 21.3. The van der Waals surface area contributed by atoms with Crippen molar-refractivity contribution in [1.29, 1.82) is 0 Å². The maximum atomic E-state index is 13.2. The van der Waals surface area contributed by atoms with Gasteiger partial charge in [0.05, 0.1) is 10.9 Å². The Bertz CT molecular complexity index is 1310. The van der Waals surface area contributed by atoms with Crippen LogP contribution in [0.4, 0.5) is 11.4 Å². The predicted octanol–water partition coefficient (Wildman–Crippen LogP) is 6.69. The first-order chi connectivity index (χ1) is 15.3. The molecule has 1 aliphatic carbocycles. The molecule has 3 aromatic carbocycles. The van der Waals surface area contributed by atoms with E-state index in [9.17, 15) is 8.42 Å². The number of allylic oxidation sites excluding steroid dienone is 2. The highest BCUT2D eigenvalue weighted by Crippen LogP contribution is 2.50. The Labute approximate surface area is 197 Å². The first-order valence-corrected chi connectivity index (χ1v) is 13.0. The van der Waals surface area contributed by atoms with Crippen molar-refractivity contribution < 1.29 is 8.42 Å². The van der Waals surface area contributed by atoms with Gasteiger partial charge in [-0.1, -0.05) is 46.3 Å². The van der Waals surface area contributed by atoms with Gasteiger partial charge in [-0.3, -0.25) is 4.72 Å². The summed E-state index contributed by atoms with van der Waals surface area (Å²) in [6.07, 6.45) is 5.40. The standard InChI is InChI=1S/C26H25BrN2O2S/c1-16-11-17(2)13-20(12-16)29-32(30,31)21-9-10-25-24(15-21)22-7-4-8-23(22)26(28-25)18-5-3-6-19(27)14-18/h3-7,9-15,22-23,26,28-29H,8H2,1-2H3/t22-,23+,26+/m0/s1. The van der Waals surface area contributed by atoms with Gasteiger partial charge in [-0.2, -0.15) is 0 Å². The van der Waals surface area contributed by atoms with E-state index >= 15 is 0 Å². The molecule has 0 unspecified atom stereocenters. The molecule has 0 radical (unpaired) electrons. The summed E-state index contributed by atoms with van der Waals surface area (Å²) in [4.78, 5) is 0.289. The van der Waals surface area contributed by atoms with Crippen LogP contribution in [0.15, 0.2) is 82.2 Å². The highest BCUT2D eigenvalue weighted by molar-refractivity contribution is 9.10. The fourth-order valence-electron chi connectivity index (χ4n) is 5.02. The van der Waals surface area contributed by atoms with Gasteiger partial charge in [-0.25, -0.2) is 8.42 Å². The second-order valence-electron chi connectivity index (χ2n) is 8.76. The summed E-state index contributed by atoms with van der Waals surface area (Å²) in [5.41, 5.74) is 5.90. The Balaban J connectivity index is 1.49. The van der Waals surface area contributed by atoms with Crippen molar-refractivity contribution in [3.05, 3.63) is 99.5 Å². The van der Waals surface area contributed by atoms with Crippen molar-refractivity contribution in [2.75, 3.05) is 10.0 Å². The lowest BCUT2D eigenvalue weighted by molar-refractivity contribution is 0.425. The van der Waals surface area contributed by atoms with E-state index in [1.807, 2.05) is 50.2 Å². The van der Waals surface area contributed by atoms with E-state index in [4.69, 9.17) is 0 Å². The van der Waals surface area contributed by atoms with E-state index in [0.717, 1.165) is 33.3 Å². The van der Waals surface area contributed by atoms with Crippen LogP contribution in [0.5, 0.6) is 0 Å². The second kappa shape index (κ2) is 8.09. The Morgan fingerprint density at radius 1 is 1.00 bits per heavy atom. The van der Waals surface area contributed by atoms with Crippen molar-refractivity contribution >= 4 is 37.3 Å². The molecule has 0 saturated carbocycles. The van der Waals surface area contributed by atoms with Crippen LogP contribution < -0.4 is 10.0 Å². The minimum atomic E-state index is -3.69. The van der Waals surface area contributed by atoms with Gasteiger partial charge in [0.15, 0.2) is 0 Å². The van der Waals surface area contributed by atoms with Crippen molar-refractivity contribution in [3.8, 4) is 0 Å². The molecule has 0 aromatic heterocycles. The van der Waals surface area contributed by atoms with Crippen LogP contribution in [0.3, 0.4) is 0 Å². The van der Waals surface area contributed by atoms with Gasteiger partial charge >= 0.3 is 0 Å². The van der Waals surface area contributed by atoms with Gasteiger partial charge in [0, 0.05) is 21.8 Å². The molecule has 164 valence electrons. The first-order valence-electron chi connectivity index (χ1n) is 10.7. The zero-order chi connectivity index (χ0) is 22.5. The molecule has 32 heavy (non-hydrogen) atoms. The van der Waals surface area contributed by atoms with Gasteiger partial charge in [-0.15, -0.1) is 0 Å². The van der Waals surface area contributed by atoms with Crippen LogP contribution in [0, 0.1) is 19.8 Å². The molecule has 0 amide bonds. The molecule has 2 N–H and O–H groups in total. The zero-order valence-electron chi connectivity index (χ0n) is 18.0. The van der Waals surface area contributed by atoms with Crippen LogP contribution in [-0.2, 0) is 10.0 Å². The predicted molar refractivity (Wildman–Crippen MR) is 134 cm³/mol. The van der Waals surface area contributed by atoms with Crippen molar-refractivity contribution in [2.24, 2.45) is 5.92 Å². The lowest BCUT2D eigenvalue weighted by Gasteiger charge is -2.37. The SMILES string of the molecule is Cc1cc(C)cc(NS(=O)(=O)c2ccc3c(c2)[C@H]2C=CC[C@H]2[C@@H](c2cccc(Br)c2)N3)c1. The molecular weight excluding hydrogens is 484 g/mol. The fraction of sp³-hybridized carbons (Fsp3) is 0.231. The monoisotopic (exact) mass is 508 g/mol. The molecule has 0 spiro atoms. The summed E-state index contributed by atoms with van der Waals surface area (Å²) < 4.78 is 30.2. The number of benzene rings is 3. The summed E-state index contributed by atoms with van der Waals surface area (Å²) in [5, 5.41) is 3.68. The van der Waals surface area contributed by atoms with E-state index < -0.39 is 10.0 Å². The Hall–Kier alpha value is -2.57. The van der Waals surface area contributed by atoms with Crippen molar-refractivity contribution in [2.45, 2.75) is 37.1 Å². The number of sulfonamides is 1. The Morgan fingerprint density at radius 2 is 1.78 bits per heavy atom. The molecule has 1 heterocycles. The van der Waals surface area contributed by atoms with E-state index in [-0.39, 0.29) is 16.9 Å². The highest BCUT2D eigenvalue weighted by Gasteiger charge is 2.38. The maximum absolute atomic E-state index is 13.2. The van der Waals surface area contributed by atoms with Gasteiger partial charge in [0.1, 0.15) is 0 Å². The summed E-state index contributed by atoms with van der Waals surface area (Å²) in [6.45, 7) is 3.92. The molecule has 2 aliphatic rings. The van der Waals surface area contributed by atoms with Gasteiger partial charge in [0.2, 0.25) is 0 Å². The smallest absolute Gasteiger partial charge is 0.261 e. The van der Waals surface area contributed by atoms with Crippen molar-refractivity contribution in [3.63, 3.8) is 0 Å². The largest absolute Gasteiger partial charge is 0.378 e. The lowest BCUT2D eigenvalue weighted by Crippen LogP contribution is -2.29. The topological polar surface area (TPSA) is 58.2 Å². The third-order valence-corrected chi connectivity index (χ3v) is 8.20. The highest BCUT2D eigenvalue weighted by atomic mass is 79.9. The number of aryl methyl sites for hydroxylation is 2. The van der Waals surface area contributed by atoms with E-state index in [1.54, 1.807) is 6.07 Å². The average molecular weight is 509 g/mol. The number of hydrogen-bond donors (Lipinski definition) is 2. The molecular formula is C26H25BrN2O2S. The van der Waals surface area contributed by atoms with E-state index in [0.29, 0.717) is 11.6 Å². The van der Waals surface area contributed by atoms with Crippen LogP contribution >= 0.6 is 15.9 Å². The number of hydrogen-bond acceptors (Lipinski definition) is 3. The quantitative estimate of drug-likeness (QED) is 0.385. The summed E-state index contributed by atoms with van der Waals surface area (Å²) in [7, 11) is -3.69. The van der Waals surface area contributed by atoms with E-state index in [2.05, 4.69) is 56.3 Å². The Morgan fingerprint density at radius 3 is 2.53 bits per heavy atom. The molecule has 1 aliphatic heterocycles. The maximum Gasteiger partial charge on any atom is 0.261 e. The summed E-state index contributed by atoms with van der Waals surface area (Å²) in [5.74, 6) is 0.536. The van der Waals surface area contributed by atoms with E-state index in [1.165, 1.54) is 5.56 Å². The third-order valence-electron chi connectivity index (χ3n) is 6.33. The Kier molecular flexibility index (Phi) is 5.38. The summed E-state index contributed by atoms with van der Waals surface area (Å²) >= 11 is 3.58. The lowest BCUT2D eigenvalue weighted by atomic mass is 9.77. The normalized spacial score (nSPS) is 21.5. The minimum absolute atomic E-state index is 0.177. The molecule has 0 bridgehead atoms. The number of halogens is 1. The number of fused-ring (bicyclic) bond motifs is 3. The van der Waals surface area contributed by atoms with Crippen molar-refractivity contribution in [1.82, 2.24) is 0 Å². The number of nitrogens with one attached hydrogen (secondary N) is 2. The molecule has 6 heteroatoms. The van der Waals surface area contributed by atoms with Crippen LogP contribution in [0.1, 0.15) is 40.6 Å². The van der Waals surface area contributed by atoms with Gasteiger partial charge in [-0.05, 0) is 90.9 Å².